The molecule has 1 heterocycles. The first-order chi connectivity index (χ1) is 4.74. The highest BCUT2D eigenvalue weighted by atomic mass is 17.3. The van der Waals surface area contributed by atoms with Gasteiger partial charge >= 0.3 is 5.97 Å². The van der Waals surface area contributed by atoms with Crippen molar-refractivity contribution in [2.75, 3.05) is 7.11 Å². The Morgan fingerprint density at radius 1 is 1.50 bits per heavy atom. The van der Waals surface area contributed by atoms with Crippen LogP contribution in [0.1, 0.15) is 6.92 Å². The van der Waals surface area contributed by atoms with E-state index < -0.39 is 18.5 Å². The van der Waals surface area contributed by atoms with Crippen LogP contribution in [-0.2, 0) is 24.0 Å². The van der Waals surface area contributed by atoms with Crippen LogP contribution >= 0.6 is 0 Å². The number of esters is 1. The van der Waals surface area contributed by atoms with Gasteiger partial charge in [0.25, 0.3) is 6.29 Å². The molecule has 0 aromatic rings. The van der Waals surface area contributed by atoms with Crippen molar-refractivity contribution in [3.63, 3.8) is 0 Å². The summed E-state index contributed by atoms with van der Waals surface area (Å²) >= 11 is 0. The monoisotopic (exact) mass is 148 g/mol. The molecule has 0 aromatic carbocycles. The summed E-state index contributed by atoms with van der Waals surface area (Å²) in [5.41, 5.74) is 0. The van der Waals surface area contributed by atoms with E-state index in [0.29, 0.717) is 0 Å². The number of hydrogen-bond donors (Lipinski definition) is 0. The summed E-state index contributed by atoms with van der Waals surface area (Å²) in [6.45, 7) is 1.61. The van der Waals surface area contributed by atoms with Gasteiger partial charge in [0.1, 0.15) is 0 Å². The van der Waals surface area contributed by atoms with Crippen LogP contribution in [0.15, 0.2) is 0 Å². The summed E-state index contributed by atoms with van der Waals surface area (Å²) in [7, 11) is 1.25. The van der Waals surface area contributed by atoms with Gasteiger partial charge in [-0.2, -0.15) is 4.89 Å². The minimum Gasteiger partial charge on any atom is -0.465 e. The summed E-state index contributed by atoms with van der Waals surface area (Å²) in [6, 6.07) is 0. The summed E-state index contributed by atoms with van der Waals surface area (Å²) in [6.07, 6.45) is -1.54. The Labute approximate surface area is 57.7 Å². The van der Waals surface area contributed by atoms with E-state index in [2.05, 4.69) is 14.5 Å². The fourth-order valence-electron chi connectivity index (χ4n) is 0.539. The molecular weight excluding hydrogens is 140 g/mol. The first kappa shape index (κ1) is 7.46. The van der Waals surface area contributed by atoms with Gasteiger partial charge < -0.3 is 9.47 Å². The van der Waals surface area contributed by atoms with E-state index in [1.165, 1.54) is 7.11 Å². The standard InChI is InChI=1S/C5H8O5/c1-3-8-5(10-9-3)4(6)7-2/h3,5H,1-2H3. The molecule has 1 aliphatic heterocycles. The summed E-state index contributed by atoms with van der Waals surface area (Å²) in [5, 5.41) is 0. The zero-order valence-corrected chi connectivity index (χ0v) is 5.70. The van der Waals surface area contributed by atoms with E-state index >= 15 is 0 Å². The van der Waals surface area contributed by atoms with Crippen LogP contribution in [-0.4, -0.2) is 25.7 Å². The fraction of sp³-hybridized carbons (Fsp3) is 0.800. The highest BCUT2D eigenvalue weighted by Crippen LogP contribution is 2.12. The molecule has 0 aromatic heterocycles. The van der Waals surface area contributed by atoms with Crippen molar-refractivity contribution < 1.29 is 24.0 Å². The molecule has 1 aliphatic rings. The fourth-order valence-corrected chi connectivity index (χ4v) is 0.539. The molecule has 2 atom stereocenters. The van der Waals surface area contributed by atoms with E-state index in [4.69, 9.17) is 4.74 Å². The Kier molecular flexibility index (Phi) is 2.21. The Bertz CT molecular complexity index is 134. The number of methoxy groups -OCH3 is 1. The van der Waals surface area contributed by atoms with Gasteiger partial charge in [0.15, 0.2) is 6.29 Å². The van der Waals surface area contributed by atoms with Crippen molar-refractivity contribution in [1.29, 1.82) is 0 Å². The molecule has 0 aliphatic carbocycles. The second-order valence-electron chi connectivity index (χ2n) is 1.75. The molecule has 1 saturated heterocycles. The number of hydrogen-bond acceptors (Lipinski definition) is 5. The largest absolute Gasteiger partial charge is 0.465 e. The average molecular weight is 148 g/mol. The SMILES string of the molecule is COC(=O)C1OOC(C)O1. The maximum absolute atomic E-state index is 10.6. The third kappa shape index (κ3) is 1.44. The van der Waals surface area contributed by atoms with Crippen molar-refractivity contribution in [3.8, 4) is 0 Å². The predicted molar refractivity (Wildman–Crippen MR) is 28.5 cm³/mol. The maximum Gasteiger partial charge on any atom is 0.366 e. The molecule has 5 nitrogen and oxygen atoms in total. The van der Waals surface area contributed by atoms with Gasteiger partial charge in [0.05, 0.1) is 7.11 Å². The van der Waals surface area contributed by atoms with Gasteiger partial charge in [-0.1, -0.05) is 0 Å². The Morgan fingerprint density at radius 3 is 2.60 bits per heavy atom. The van der Waals surface area contributed by atoms with Crippen LogP contribution < -0.4 is 0 Å². The van der Waals surface area contributed by atoms with E-state index in [1.807, 2.05) is 0 Å². The van der Waals surface area contributed by atoms with Gasteiger partial charge in [-0.05, 0) is 6.92 Å². The van der Waals surface area contributed by atoms with Crippen molar-refractivity contribution in [1.82, 2.24) is 0 Å². The lowest BCUT2D eigenvalue weighted by molar-refractivity contribution is -0.291. The normalized spacial score (nSPS) is 32.2. The minimum atomic E-state index is -1.03. The van der Waals surface area contributed by atoms with Crippen molar-refractivity contribution in [2.24, 2.45) is 0 Å². The highest BCUT2D eigenvalue weighted by Gasteiger charge is 2.31. The molecular formula is C5H8O5. The molecule has 2 unspecified atom stereocenters. The average Bonchev–Trinajstić information content (AvgIpc) is 2.34. The van der Waals surface area contributed by atoms with Gasteiger partial charge in [-0.3, -0.25) is 0 Å². The van der Waals surface area contributed by atoms with Crippen LogP contribution in [0.25, 0.3) is 0 Å². The number of carbonyl (C=O) groups excluding carboxylic acids is 1. The lowest BCUT2D eigenvalue weighted by Gasteiger charge is -2.01. The minimum absolute atomic E-state index is 0.510. The van der Waals surface area contributed by atoms with E-state index in [1.54, 1.807) is 6.92 Å². The topological polar surface area (TPSA) is 54.0 Å². The number of ether oxygens (including phenoxy) is 2. The van der Waals surface area contributed by atoms with Gasteiger partial charge in [-0.25, -0.2) is 9.68 Å². The van der Waals surface area contributed by atoms with Crippen molar-refractivity contribution in [3.05, 3.63) is 0 Å². The highest BCUT2D eigenvalue weighted by molar-refractivity contribution is 5.72. The molecule has 1 rings (SSSR count). The van der Waals surface area contributed by atoms with Crippen LogP contribution in [0.3, 0.4) is 0 Å². The third-order valence-electron chi connectivity index (χ3n) is 0.987. The lowest BCUT2D eigenvalue weighted by atomic mass is 10.6. The third-order valence-corrected chi connectivity index (χ3v) is 0.987. The van der Waals surface area contributed by atoms with Gasteiger partial charge in [-0.15, -0.1) is 0 Å². The van der Waals surface area contributed by atoms with Crippen molar-refractivity contribution >= 4 is 5.97 Å². The van der Waals surface area contributed by atoms with E-state index in [0.717, 1.165) is 0 Å². The van der Waals surface area contributed by atoms with Gasteiger partial charge in [0.2, 0.25) is 0 Å². The summed E-state index contributed by atoms with van der Waals surface area (Å²) < 4.78 is 9.11. The van der Waals surface area contributed by atoms with Gasteiger partial charge in [0, 0.05) is 0 Å². The molecule has 0 bridgehead atoms. The first-order valence-corrected chi connectivity index (χ1v) is 2.79. The second-order valence-corrected chi connectivity index (χ2v) is 1.75. The van der Waals surface area contributed by atoms with Crippen molar-refractivity contribution in [2.45, 2.75) is 19.5 Å². The number of carbonyl (C=O) groups is 1. The number of rotatable bonds is 1. The Morgan fingerprint density at radius 2 is 2.20 bits per heavy atom. The van der Waals surface area contributed by atoms with Crippen LogP contribution in [0.2, 0.25) is 0 Å². The molecule has 0 N–H and O–H groups in total. The zero-order valence-electron chi connectivity index (χ0n) is 5.70. The Hall–Kier alpha value is -0.650. The second kappa shape index (κ2) is 2.96. The van der Waals surface area contributed by atoms with Crippen LogP contribution in [0, 0.1) is 0 Å². The molecule has 0 amide bonds. The molecule has 1 fully saturated rings. The van der Waals surface area contributed by atoms with Crippen LogP contribution in [0.5, 0.6) is 0 Å². The summed E-state index contributed by atoms with van der Waals surface area (Å²) in [4.78, 5) is 19.5. The first-order valence-electron chi connectivity index (χ1n) is 2.79. The van der Waals surface area contributed by atoms with E-state index in [9.17, 15) is 4.79 Å². The Balaban J connectivity index is 2.37. The molecule has 0 saturated carbocycles. The maximum atomic E-state index is 10.6. The lowest BCUT2D eigenvalue weighted by Crippen LogP contribution is -2.23. The van der Waals surface area contributed by atoms with E-state index in [-0.39, 0.29) is 0 Å². The molecule has 5 heteroatoms. The predicted octanol–water partition coefficient (Wildman–Crippen LogP) is -0.190. The molecule has 10 heavy (non-hydrogen) atoms. The molecule has 0 radical (unpaired) electrons. The summed E-state index contributed by atoms with van der Waals surface area (Å²) in [5.74, 6) is -0.593. The molecule has 0 spiro atoms. The quantitative estimate of drug-likeness (QED) is 0.381. The zero-order chi connectivity index (χ0) is 7.56. The molecule has 58 valence electrons. The van der Waals surface area contributed by atoms with Crippen LogP contribution in [0.4, 0.5) is 0 Å². The smallest absolute Gasteiger partial charge is 0.366 e.